The van der Waals surface area contributed by atoms with E-state index in [1.807, 2.05) is 18.5 Å². The fourth-order valence-corrected chi connectivity index (χ4v) is 2.73. The summed E-state index contributed by atoms with van der Waals surface area (Å²) in [5.74, 6) is 1.87. The molecule has 102 valence electrons. The highest BCUT2D eigenvalue weighted by Crippen LogP contribution is 2.32. The number of rotatable bonds is 4. The van der Waals surface area contributed by atoms with Crippen LogP contribution in [-0.2, 0) is 13.6 Å². The van der Waals surface area contributed by atoms with Crippen LogP contribution in [0.3, 0.4) is 0 Å². The van der Waals surface area contributed by atoms with Crippen LogP contribution in [-0.4, -0.2) is 24.3 Å². The first kappa shape index (κ1) is 12.2. The Morgan fingerprint density at radius 3 is 2.84 bits per heavy atom. The van der Waals surface area contributed by atoms with Crippen LogP contribution in [0, 0.1) is 6.92 Å². The predicted molar refractivity (Wildman–Crippen MR) is 72.8 cm³/mol. The van der Waals surface area contributed by atoms with Gasteiger partial charge >= 0.3 is 0 Å². The van der Waals surface area contributed by atoms with Crippen LogP contribution >= 0.6 is 0 Å². The largest absolute Gasteiger partial charge is 0.348 e. The minimum atomic E-state index is 0.600. The van der Waals surface area contributed by atoms with Crippen LogP contribution in [0.4, 0.5) is 5.95 Å². The number of aryl methyl sites for hydroxylation is 2. The predicted octanol–water partition coefficient (Wildman–Crippen LogP) is 2.05. The Morgan fingerprint density at radius 1 is 1.37 bits per heavy atom. The van der Waals surface area contributed by atoms with Crippen LogP contribution in [0.1, 0.15) is 43.2 Å². The maximum atomic E-state index is 4.58. The molecule has 0 aliphatic heterocycles. The van der Waals surface area contributed by atoms with E-state index in [0.717, 1.165) is 17.5 Å². The Balaban J connectivity index is 1.75. The van der Waals surface area contributed by atoms with Gasteiger partial charge in [0.2, 0.25) is 5.95 Å². The Labute approximate surface area is 112 Å². The minimum absolute atomic E-state index is 0.600. The molecule has 2 aromatic rings. The third kappa shape index (κ3) is 2.47. The molecule has 1 fully saturated rings. The van der Waals surface area contributed by atoms with E-state index in [4.69, 9.17) is 0 Å². The highest BCUT2D eigenvalue weighted by molar-refractivity contribution is 5.30. The van der Waals surface area contributed by atoms with E-state index in [1.54, 1.807) is 6.33 Å². The number of nitrogens with zero attached hydrogens (tertiary/aromatic N) is 5. The molecule has 1 aliphatic carbocycles. The SMILES string of the molecule is Cc1cn(C2CCCC2)c(NCc2nncn2C)n1. The number of hydrogen-bond donors (Lipinski definition) is 1. The summed E-state index contributed by atoms with van der Waals surface area (Å²) < 4.78 is 4.21. The minimum Gasteiger partial charge on any atom is -0.348 e. The van der Waals surface area contributed by atoms with Gasteiger partial charge in [0, 0.05) is 19.3 Å². The molecule has 0 radical (unpaired) electrons. The fourth-order valence-electron chi connectivity index (χ4n) is 2.73. The first-order chi connectivity index (χ1) is 9.24. The van der Waals surface area contributed by atoms with Crippen molar-refractivity contribution in [3.8, 4) is 0 Å². The van der Waals surface area contributed by atoms with Crippen molar-refractivity contribution >= 4 is 5.95 Å². The van der Waals surface area contributed by atoms with Crippen molar-refractivity contribution in [1.29, 1.82) is 0 Å². The molecule has 1 aliphatic rings. The summed E-state index contributed by atoms with van der Waals surface area (Å²) in [6.45, 7) is 2.69. The maximum Gasteiger partial charge on any atom is 0.203 e. The fraction of sp³-hybridized carbons (Fsp3) is 0.615. The van der Waals surface area contributed by atoms with E-state index < -0.39 is 0 Å². The van der Waals surface area contributed by atoms with Gasteiger partial charge in [0.1, 0.15) is 6.33 Å². The molecule has 6 nitrogen and oxygen atoms in total. The van der Waals surface area contributed by atoms with Crippen molar-refractivity contribution in [2.24, 2.45) is 7.05 Å². The second-order valence-electron chi connectivity index (χ2n) is 5.26. The highest BCUT2D eigenvalue weighted by Gasteiger charge is 2.20. The van der Waals surface area contributed by atoms with Gasteiger partial charge in [0.15, 0.2) is 5.82 Å². The molecule has 2 aromatic heterocycles. The van der Waals surface area contributed by atoms with Crippen LogP contribution in [0.15, 0.2) is 12.5 Å². The third-order valence-corrected chi connectivity index (χ3v) is 3.78. The molecule has 2 heterocycles. The van der Waals surface area contributed by atoms with Gasteiger partial charge in [-0.15, -0.1) is 10.2 Å². The van der Waals surface area contributed by atoms with Gasteiger partial charge < -0.3 is 14.5 Å². The normalized spacial score (nSPS) is 16.1. The standard InChI is InChI=1S/C13H20N6/c1-10-8-19(11-5-3-4-6-11)13(16-10)14-7-12-17-15-9-18(12)2/h8-9,11H,3-7H2,1-2H3,(H,14,16). The Hall–Kier alpha value is -1.85. The van der Waals surface area contributed by atoms with E-state index in [9.17, 15) is 0 Å². The van der Waals surface area contributed by atoms with Crippen molar-refractivity contribution in [2.45, 2.75) is 45.2 Å². The van der Waals surface area contributed by atoms with Gasteiger partial charge in [0.25, 0.3) is 0 Å². The number of nitrogens with one attached hydrogen (secondary N) is 1. The van der Waals surface area contributed by atoms with Crippen LogP contribution in [0.25, 0.3) is 0 Å². The summed E-state index contributed by atoms with van der Waals surface area (Å²) in [4.78, 5) is 4.58. The lowest BCUT2D eigenvalue weighted by atomic mass is 10.2. The van der Waals surface area contributed by atoms with Crippen molar-refractivity contribution in [3.05, 3.63) is 24.0 Å². The lowest BCUT2D eigenvalue weighted by Gasteiger charge is -2.15. The number of anilines is 1. The van der Waals surface area contributed by atoms with E-state index in [2.05, 4.69) is 31.3 Å². The van der Waals surface area contributed by atoms with Crippen LogP contribution < -0.4 is 5.32 Å². The molecule has 0 bridgehead atoms. The molecule has 0 unspecified atom stereocenters. The lowest BCUT2D eigenvalue weighted by Crippen LogP contribution is -2.12. The zero-order chi connectivity index (χ0) is 13.2. The molecular formula is C13H20N6. The zero-order valence-corrected chi connectivity index (χ0v) is 11.5. The molecule has 0 aromatic carbocycles. The molecule has 3 rings (SSSR count). The van der Waals surface area contributed by atoms with E-state index in [0.29, 0.717) is 12.6 Å². The number of imidazole rings is 1. The van der Waals surface area contributed by atoms with Crippen molar-refractivity contribution in [2.75, 3.05) is 5.32 Å². The Bertz CT molecular complexity index is 549. The summed E-state index contributed by atoms with van der Waals surface area (Å²) in [5, 5.41) is 11.3. The smallest absolute Gasteiger partial charge is 0.203 e. The molecular weight excluding hydrogens is 240 g/mol. The van der Waals surface area contributed by atoms with E-state index in [-0.39, 0.29) is 0 Å². The molecule has 0 amide bonds. The molecule has 1 saturated carbocycles. The van der Waals surface area contributed by atoms with Gasteiger partial charge in [-0.05, 0) is 19.8 Å². The Kier molecular flexibility index (Phi) is 3.23. The second kappa shape index (κ2) is 5.03. The molecule has 0 saturated heterocycles. The van der Waals surface area contributed by atoms with Crippen molar-refractivity contribution in [3.63, 3.8) is 0 Å². The van der Waals surface area contributed by atoms with Crippen LogP contribution in [0.5, 0.6) is 0 Å². The van der Waals surface area contributed by atoms with Gasteiger partial charge in [-0.1, -0.05) is 12.8 Å². The second-order valence-corrected chi connectivity index (χ2v) is 5.26. The summed E-state index contributed by atoms with van der Waals surface area (Å²) >= 11 is 0. The first-order valence-corrected chi connectivity index (χ1v) is 6.86. The van der Waals surface area contributed by atoms with Crippen LogP contribution in [0.2, 0.25) is 0 Å². The third-order valence-electron chi connectivity index (χ3n) is 3.78. The van der Waals surface area contributed by atoms with Gasteiger partial charge in [-0.3, -0.25) is 0 Å². The summed E-state index contributed by atoms with van der Waals surface area (Å²) in [6.07, 6.45) is 9.03. The zero-order valence-electron chi connectivity index (χ0n) is 11.5. The average molecular weight is 260 g/mol. The first-order valence-electron chi connectivity index (χ1n) is 6.86. The van der Waals surface area contributed by atoms with Gasteiger partial charge in [-0.25, -0.2) is 4.98 Å². The lowest BCUT2D eigenvalue weighted by molar-refractivity contribution is 0.522. The summed E-state index contributed by atoms with van der Waals surface area (Å²) in [6, 6.07) is 0.600. The summed E-state index contributed by atoms with van der Waals surface area (Å²) in [7, 11) is 1.95. The monoisotopic (exact) mass is 260 g/mol. The van der Waals surface area contributed by atoms with Gasteiger partial charge in [0.05, 0.1) is 12.2 Å². The molecule has 0 spiro atoms. The van der Waals surface area contributed by atoms with Gasteiger partial charge in [-0.2, -0.15) is 0 Å². The van der Waals surface area contributed by atoms with E-state index >= 15 is 0 Å². The molecule has 1 N–H and O–H groups in total. The number of hydrogen-bond acceptors (Lipinski definition) is 4. The summed E-state index contributed by atoms with van der Waals surface area (Å²) in [5.41, 5.74) is 1.06. The molecule has 0 atom stereocenters. The molecule has 19 heavy (non-hydrogen) atoms. The highest BCUT2D eigenvalue weighted by atomic mass is 15.3. The topological polar surface area (TPSA) is 60.6 Å². The van der Waals surface area contributed by atoms with Crippen molar-refractivity contribution in [1.82, 2.24) is 24.3 Å². The number of aromatic nitrogens is 5. The average Bonchev–Trinajstić information content (AvgIpc) is 3.07. The van der Waals surface area contributed by atoms with Crippen molar-refractivity contribution < 1.29 is 0 Å². The molecule has 6 heteroatoms. The maximum absolute atomic E-state index is 4.58. The van der Waals surface area contributed by atoms with E-state index in [1.165, 1.54) is 25.7 Å². The Morgan fingerprint density at radius 2 is 2.16 bits per heavy atom. The quantitative estimate of drug-likeness (QED) is 0.914.